The highest BCUT2D eigenvalue weighted by atomic mass is 32.2. The van der Waals surface area contributed by atoms with Crippen molar-refractivity contribution in [2.24, 2.45) is 4.99 Å². The SMILES string of the molecule is C=CCCCN(C)C(=NCC1(SCC)CCOCC1)NCC. The van der Waals surface area contributed by atoms with Gasteiger partial charge in [0.25, 0.3) is 0 Å². The minimum atomic E-state index is 0.260. The van der Waals surface area contributed by atoms with Crippen LogP contribution in [0.4, 0.5) is 0 Å². The molecule has 1 fully saturated rings. The standard InChI is InChI=1S/C17H33N3OS/c1-5-8-9-12-20(4)16(18-6-2)19-15-17(22-7-3)10-13-21-14-11-17/h5H,1,6-15H2,2-4H3,(H,18,19). The molecule has 0 amide bonds. The number of guanidine groups is 1. The minimum Gasteiger partial charge on any atom is -0.381 e. The van der Waals surface area contributed by atoms with Gasteiger partial charge in [-0.1, -0.05) is 13.0 Å². The molecule has 1 heterocycles. The van der Waals surface area contributed by atoms with Gasteiger partial charge in [-0.2, -0.15) is 11.8 Å². The number of hydrogen-bond acceptors (Lipinski definition) is 3. The van der Waals surface area contributed by atoms with Gasteiger partial charge < -0.3 is 15.0 Å². The smallest absolute Gasteiger partial charge is 0.193 e. The van der Waals surface area contributed by atoms with E-state index < -0.39 is 0 Å². The molecule has 5 heteroatoms. The first kappa shape index (κ1) is 19.4. The second-order valence-electron chi connectivity index (χ2n) is 5.75. The molecule has 0 aromatic heterocycles. The fourth-order valence-electron chi connectivity index (χ4n) is 2.67. The number of aliphatic imine (C=N–C) groups is 1. The van der Waals surface area contributed by atoms with Gasteiger partial charge in [0.1, 0.15) is 0 Å². The molecule has 128 valence electrons. The average molecular weight is 328 g/mol. The molecule has 0 spiro atoms. The number of unbranched alkanes of at least 4 members (excludes halogenated alkanes) is 1. The fraction of sp³-hybridized carbons (Fsp3) is 0.824. The molecule has 0 aliphatic carbocycles. The predicted octanol–water partition coefficient (Wildman–Crippen LogP) is 3.15. The average Bonchev–Trinajstić information content (AvgIpc) is 2.53. The molecule has 0 saturated carbocycles. The van der Waals surface area contributed by atoms with Crippen molar-refractivity contribution in [1.82, 2.24) is 10.2 Å². The van der Waals surface area contributed by atoms with Crippen molar-refractivity contribution in [2.45, 2.75) is 44.3 Å². The molecule has 0 unspecified atom stereocenters. The first-order chi connectivity index (χ1) is 10.7. The van der Waals surface area contributed by atoms with Gasteiger partial charge in [0.15, 0.2) is 5.96 Å². The summed E-state index contributed by atoms with van der Waals surface area (Å²) in [6.07, 6.45) is 6.36. The molecule has 0 atom stereocenters. The monoisotopic (exact) mass is 327 g/mol. The van der Waals surface area contributed by atoms with Crippen LogP contribution in [0.3, 0.4) is 0 Å². The molecular weight excluding hydrogens is 294 g/mol. The van der Waals surface area contributed by atoms with Crippen molar-refractivity contribution >= 4 is 17.7 Å². The third-order valence-corrected chi connectivity index (χ3v) is 5.41. The summed E-state index contributed by atoms with van der Waals surface area (Å²) in [5, 5.41) is 3.42. The van der Waals surface area contributed by atoms with Crippen molar-refractivity contribution < 1.29 is 4.74 Å². The lowest BCUT2D eigenvalue weighted by atomic mass is 9.99. The van der Waals surface area contributed by atoms with Crippen LogP contribution in [0.15, 0.2) is 17.6 Å². The van der Waals surface area contributed by atoms with E-state index in [4.69, 9.17) is 9.73 Å². The summed E-state index contributed by atoms with van der Waals surface area (Å²) in [6.45, 7) is 12.7. The zero-order chi connectivity index (χ0) is 16.3. The van der Waals surface area contributed by atoms with E-state index in [0.717, 1.165) is 70.2 Å². The van der Waals surface area contributed by atoms with E-state index in [1.807, 2.05) is 17.8 Å². The first-order valence-corrected chi connectivity index (χ1v) is 9.48. The van der Waals surface area contributed by atoms with Crippen LogP contribution in [0.25, 0.3) is 0 Å². The summed E-state index contributed by atoms with van der Waals surface area (Å²) in [5.74, 6) is 2.16. The number of rotatable bonds is 9. The van der Waals surface area contributed by atoms with Crippen LogP contribution in [0.1, 0.15) is 39.5 Å². The Balaban J connectivity index is 2.66. The molecule has 0 aromatic carbocycles. The topological polar surface area (TPSA) is 36.9 Å². The van der Waals surface area contributed by atoms with Crippen LogP contribution in [0.5, 0.6) is 0 Å². The number of thioether (sulfide) groups is 1. The lowest BCUT2D eigenvalue weighted by Gasteiger charge is -2.35. The van der Waals surface area contributed by atoms with E-state index in [1.54, 1.807) is 0 Å². The highest BCUT2D eigenvalue weighted by Crippen LogP contribution is 2.35. The number of nitrogens with one attached hydrogen (secondary N) is 1. The van der Waals surface area contributed by atoms with E-state index in [1.165, 1.54) is 0 Å². The van der Waals surface area contributed by atoms with Crippen LogP contribution in [0, 0.1) is 0 Å². The van der Waals surface area contributed by atoms with Gasteiger partial charge in [-0.15, -0.1) is 6.58 Å². The Kier molecular flexibility index (Phi) is 9.64. The number of allylic oxidation sites excluding steroid dienone is 1. The highest BCUT2D eigenvalue weighted by molar-refractivity contribution is 8.00. The normalized spacial score (nSPS) is 18.0. The molecule has 0 aromatic rings. The lowest BCUT2D eigenvalue weighted by Crippen LogP contribution is -2.42. The van der Waals surface area contributed by atoms with Gasteiger partial charge in [0.05, 0.1) is 6.54 Å². The Morgan fingerprint density at radius 1 is 1.41 bits per heavy atom. The van der Waals surface area contributed by atoms with E-state index in [0.29, 0.717) is 0 Å². The number of hydrogen-bond donors (Lipinski definition) is 1. The van der Waals surface area contributed by atoms with E-state index in [9.17, 15) is 0 Å². The summed E-state index contributed by atoms with van der Waals surface area (Å²) in [4.78, 5) is 7.17. The molecule has 22 heavy (non-hydrogen) atoms. The predicted molar refractivity (Wildman–Crippen MR) is 99.0 cm³/mol. The van der Waals surface area contributed by atoms with Gasteiger partial charge >= 0.3 is 0 Å². The second kappa shape index (κ2) is 10.9. The van der Waals surface area contributed by atoms with Crippen LogP contribution in [-0.2, 0) is 4.74 Å². The molecule has 0 bridgehead atoms. The largest absolute Gasteiger partial charge is 0.381 e. The van der Waals surface area contributed by atoms with Crippen LogP contribution < -0.4 is 5.32 Å². The van der Waals surface area contributed by atoms with Crippen LogP contribution in [-0.4, -0.2) is 61.3 Å². The van der Waals surface area contributed by atoms with E-state index in [2.05, 4.69) is 37.7 Å². The maximum atomic E-state index is 5.54. The zero-order valence-corrected chi connectivity index (χ0v) is 15.4. The van der Waals surface area contributed by atoms with Crippen LogP contribution >= 0.6 is 11.8 Å². The summed E-state index contributed by atoms with van der Waals surface area (Å²) >= 11 is 2.05. The summed E-state index contributed by atoms with van der Waals surface area (Å²) in [6, 6.07) is 0. The Morgan fingerprint density at radius 3 is 2.73 bits per heavy atom. The second-order valence-corrected chi connectivity index (χ2v) is 7.48. The highest BCUT2D eigenvalue weighted by Gasteiger charge is 2.32. The Labute approximate surface area is 140 Å². The van der Waals surface area contributed by atoms with Crippen molar-refractivity contribution in [3.8, 4) is 0 Å². The Morgan fingerprint density at radius 2 is 2.14 bits per heavy atom. The fourth-order valence-corrected chi connectivity index (χ4v) is 3.89. The first-order valence-electron chi connectivity index (χ1n) is 8.49. The summed E-state index contributed by atoms with van der Waals surface area (Å²) < 4.78 is 5.80. The molecule has 0 radical (unpaired) electrons. The molecule has 4 nitrogen and oxygen atoms in total. The third kappa shape index (κ3) is 6.61. The summed E-state index contributed by atoms with van der Waals surface area (Å²) in [7, 11) is 2.12. The number of ether oxygens (including phenoxy) is 1. The maximum absolute atomic E-state index is 5.54. The van der Waals surface area contributed by atoms with Crippen molar-refractivity contribution in [2.75, 3.05) is 45.6 Å². The molecule has 1 aliphatic heterocycles. The van der Waals surface area contributed by atoms with E-state index in [-0.39, 0.29) is 4.75 Å². The maximum Gasteiger partial charge on any atom is 0.193 e. The van der Waals surface area contributed by atoms with Gasteiger partial charge in [-0.05, 0) is 38.4 Å². The zero-order valence-electron chi connectivity index (χ0n) is 14.6. The molecule has 1 aliphatic rings. The lowest BCUT2D eigenvalue weighted by molar-refractivity contribution is 0.0793. The molecule has 1 saturated heterocycles. The van der Waals surface area contributed by atoms with Crippen molar-refractivity contribution in [3.05, 3.63) is 12.7 Å². The van der Waals surface area contributed by atoms with Gasteiger partial charge in [0.2, 0.25) is 0 Å². The minimum absolute atomic E-state index is 0.260. The van der Waals surface area contributed by atoms with Crippen molar-refractivity contribution in [3.63, 3.8) is 0 Å². The molecule has 1 rings (SSSR count). The number of nitrogens with zero attached hydrogens (tertiary/aromatic N) is 2. The molecular formula is C17H33N3OS. The third-order valence-electron chi connectivity index (χ3n) is 3.97. The molecule has 1 N–H and O–H groups in total. The van der Waals surface area contributed by atoms with Gasteiger partial charge in [0, 0.05) is 38.1 Å². The van der Waals surface area contributed by atoms with Gasteiger partial charge in [-0.25, -0.2) is 0 Å². The Bertz CT molecular complexity index is 335. The Hall–Kier alpha value is -0.680. The van der Waals surface area contributed by atoms with Crippen LogP contribution in [0.2, 0.25) is 0 Å². The summed E-state index contributed by atoms with van der Waals surface area (Å²) in [5.41, 5.74) is 0. The quantitative estimate of drug-likeness (QED) is 0.305. The van der Waals surface area contributed by atoms with E-state index >= 15 is 0 Å². The van der Waals surface area contributed by atoms with Gasteiger partial charge in [-0.3, -0.25) is 4.99 Å². The van der Waals surface area contributed by atoms with Crippen molar-refractivity contribution in [1.29, 1.82) is 0 Å².